The number of ether oxygens (including phenoxy) is 1. The summed E-state index contributed by atoms with van der Waals surface area (Å²) in [5.74, 6) is -0.213. The molecule has 1 N–H and O–H groups in total. The molecule has 0 spiro atoms. The van der Waals surface area contributed by atoms with Crippen LogP contribution in [0.1, 0.15) is 30.3 Å². The average Bonchev–Trinajstić information content (AvgIpc) is 2.61. The van der Waals surface area contributed by atoms with Crippen molar-refractivity contribution >= 4 is 5.97 Å². The molecule has 0 radical (unpaired) electrons. The van der Waals surface area contributed by atoms with E-state index in [9.17, 15) is 4.79 Å². The second-order valence-electron chi connectivity index (χ2n) is 4.44. The number of nitrogens with one attached hydrogen (secondary N) is 1. The summed E-state index contributed by atoms with van der Waals surface area (Å²) in [6.07, 6.45) is 0.682. The third kappa shape index (κ3) is 3.32. The molecule has 0 aliphatic heterocycles. The van der Waals surface area contributed by atoms with Gasteiger partial charge in [0.2, 0.25) is 0 Å². The summed E-state index contributed by atoms with van der Waals surface area (Å²) in [6, 6.07) is -0.260. The third-order valence-electron chi connectivity index (χ3n) is 3.31. The second kappa shape index (κ2) is 6.54. The van der Waals surface area contributed by atoms with Gasteiger partial charge in [0.15, 0.2) is 0 Å². The lowest BCUT2D eigenvalue weighted by Crippen LogP contribution is -2.38. The average molecular weight is 253 g/mol. The first-order valence-electron chi connectivity index (χ1n) is 6.33. The third-order valence-corrected chi connectivity index (χ3v) is 3.31. The van der Waals surface area contributed by atoms with Crippen molar-refractivity contribution in [1.82, 2.24) is 15.1 Å². The molecule has 1 atom stereocenters. The molecule has 1 aromatic rings. The van der Waals surface area contributed by atoms with E-state index in [1.165, 1.54) is 12.7 Å². The smallest absolute Gasteiger partial charge is 0.322 e. The number of carbonyl (C=O) groups is 1. The fourth-order valence-corrected chi connectivity index (χ4v) is 1.95. The standard InChI is InChI=1S/C13H23N3O2/c1-6-14-12(13(17)18-5)7-8-16-11(4)9(2)10(3)15-16/h12,14H,6-8H2,1-5H3. The van der Waals surface area contributed by atoms with E-state index in [1.807, 2.05) is 18.5 Å². The summed E-state index contributed by atoms with van der Waals surface area (Å²) in [4.78, 5) is 11.6. The predicted octanol–water partition coefficient (Wildman–Crippen LogP) is 1.35. The lowest BCUT2D eigenvalue weighted by Gasteiger charge is -2.15. The van der Waals surface area contributed by atoms with E-state index < -0.39 is 0 Å². The van der Waals surface area contributed by atoms with Crippen molar-refractivity contribution in [2.24, 2.45) is 0 Å². The van der Waals surface area contributed by atoms with Crippen molar-refractivity contribution in [3.63, 3.8) is 0 Å². The van der Waals surface area contributed by atoms with E-state index in [4.69, 9.17) is 4.74 Å². The highest BCUT2D eigenvalue weighted by Gasteiger charge is 2.18. The Kier molecular flexibility index (Phi) is 5.34. The molecule has 102 valence electrons. The zero-order valence-corrected chi connectivity index (χ0v) is 11.9. The Morgan fingerprint density at radius 1 is 1.44 bits per heavy atom. The molecule has 0 aromatic carbocycles. The van der Waals surface area contributed by atoms with Crippen LogP contribution in [0.3, 0.4) is 0 Å². The highest BCUT2D eigenvalue weighted by Crippen LogP contribution is 2.12. The van der Waals surface area contributed by atoms with Crippen LogP contribution in [-0.4, -0.2) is 35.4 Å². The van der Waals surface area contributed by atoms with Gasteiger partial charge in [-0.1, -0.05) is 6.92 Å². The Hall–Kier alpha value is -1.36. The van der Waals surface area contributed by atoms with Crippen molar-refractivity contribution in [3.05, 3.63) is 17.0 Å². The first-order chi connectivity index (χ1) is 8.51. The number of esters is 1. The summed E-state index contributed by atoms with van der Waals surface area (Å²) in [5, 5.41) is 7.59. The van der Waals surface area contributed by atoms with E-state index in [1.54, 1.807) is 0 Å². The van der Waals surface area contributed by atoms with Gasteiger partial charge < -0.3 is 10.1 Å². The maximum Gasteiger partial charge on any atom is 0.322 e. The summed E-state index contributed by atoms with van der Waals surface area (Å²) < 4.78 is 6.74. The molecular weight excluding hydrogens is 230 g/mol. The molecule has 0 amide bonds. The minimum atomic E-state index is -0.260. The minimum absolute atomic E-state index is 0.213. The molecule has 18 heavy (non-hydrogen) atoms. The Labute approximate surface area is 109 Å². The van der Waals surface area contributed by atoms with Crippen LogP contribution in [0.15, 0.2) is 0 Å². The van der Waals surface area contributed by atoms with Crippen LogP contribution in [0.25, 0.3) is 0 Å². The molecular formula is C13H23N3O2. The van der Waals surface area contributed by atoms with E-state index in [-0.39, 0.29) is 12.0 Å². The zero-order valence-electron chi connectivity index (χ0n) is 11.9. The number of hydrogen-bond acceptors (Lipinski definition) is 4. The summed E-state index contributed by atoms with van der Waals surface area (Å²) in [5.41, 5.74) is 3.42. The van der Waals surface area contributed by atoms with Gasteiger partial charge in [0.25, 0.3) is 0 Å². The Balaban J connectivity index is 2.66. The maximum atomic E-state index is 11.6. The molecule has 0 saturated heterocycles. The SMILES string of the molecule is CCNC(CCn1nc(C)c(C)c1C)C(=O)OC. The fraction of sp³-hybridized carbons (Fsp3) is 0.692. The fourth-order valence-electron chi connectivity index (χ4n) is 1.95. The van der Waals surface area contributed by atoms with Crippen molar-refractivity contribution in [1.29, 1.82) is 0 Å². The maximum absolute atomic E-state index is 11.6. The van der Waals surface area contributed by atoms with Gasteiger partial charge >= 0.3 is 5.97 Å². The molecule has 0 saturated carbocycles. The Bertz CT molecular complexity index is 413. The highest BCUT2D eigenvalue weighted by atomic mass is 16.5. The predicted molar refractivity (Wildman–Crippen MR) is 70.5 cm³/mol. The zero-order chi connectivity index (χ0) is 13.7. The molecule has 5 heteroatoms. The Morgan fingerprint density at radius 3 is 2.56 bits per heavy atom. The molecule has 1 rings (SSSR count). The van der Waals surface area contributed by atoms with E-state index >= 15 is 0 Å². The van der Waals surface area contributed by atoms with E-state index in [0.29, 0.717) is 13.0 Å². The van der Waals surface area contributed by atoms with Gasteiger partial charge in [-0.05, 0) is 39.3 Å². The molecule has 0 fully saturated rings. The number of carbonyl (C=O) groups excluding carboxylic acids is 1. The van der Waals surface area contributed by atoms with Crippen molar-refractivity contribution in [3.8, 4) is 0 Å². The van der Waals surface area contributed by atoms with Crippen molar-refractivity contribution in [2.45, 2.75) is 46.7 Å². The van der Waals surface area contributed by atoms with Crippen LogP contribution >= 0.6 is 0 Å². The Morgan fingerprint density at radius 2 is 2.11 bits per heavy atom. The minimum Gasteiger partial charge on any atom is -0.468 e. The van der Waals surface area contributed by atoms with Crippen LogP contribution < -0.4 is 5.32 Å². The number of aryl methyl sites for hydroxylation is 2. The second-order valence-corrected chi connectivity index (χ2v) is 4.44. The van der Waals surface area contributed by atoms with Gasteiger partial charge in [0, 0.05) is 12.2 Å². The van der Waals surface area contributed by atoms with E-state index in [2.05, 4.69) is 24.3 Å². The normalized spacial score (nSPS) is 12.5. The van der Waals surface area contributed by atoms with Crippen LogP contribution in [0.2, 0.25) is 0 Å². The van der Waals surface area contributed by atoms with Crippen LogP contribution in [0.5, 0.6) is 0 Å². The van der Waals surface area contributed by atoms with Gasteiger partial charge in [-0.2, -0.15) is 5.10 Å². The summed E-state index contributed by atoms with van der Waals surface area (Å²) in [6.45, 7) is 9.56. The highest BCUT2D eigenvalue weighted by molar-refractivity contribution is 5.75. The molecule has 0 aliphatic carbocycles. The number of likely N-dealkylation sites (N-methyl/N-ethyl adjacent to an activating group) is 1. The summed E-state index contributed by atoms with van der Waals surface area (Å²) >= 11 is 0. The monoisotopic (exact) mass is 253 g/mol. The number of methoxy groups -OCH3 is 1. The van der Waals surface area contributed by atoms with Gasteiger partial charge in [-0.3, -0.25) is 9.48 Å². The van der Waals surface area contributed by atoms with Crippen LogP contribution in [0.4, 0.5) is 0 Å². The quantitative estimate of drug-likeness (QED) is 0.778. The van der Waals surface area contributed by atoms with Gasteiger partial charge in [0.1, 0.15) is 6.04 Å². The van der Waals surface area contributed by atoms with Crippen molar-refractivity contribution < 1.29 is 9.53 Å². The molecule has 1 aromatic heterocycles. The number of nitrogens with zero attached hydrogens (tertiary/aromatic N) is 2. The molecule has 0 bridgehead atoms. The van der Waals surface area contributed by atoms with Gasteiger partial charge in [-0.15, -0.1) is 0 Å². The van der Waals surface area contributed by atoms with Gasteiger partial charge in [0.05, 0.1) is 12.8 Å². The topological polar surface area (TPSA) is 56.2 Å². The molecule has 1 heterocycles. The largest absolute Gasteiger partial charge is 0.468 e. The summed E-state index contributed by atoms with van der Waals surface area (Å²) in [7, 11) is 1.42. The number of hydrogen-bond donors (Lipinski definition) is 1. The lowest BCUT2D eigenvalue weighted by molar-refractivity contribution is -0.143. The van der Waals surface area contributed by atoms with Crippen LogP contribution in [0, 0.1) is 20.8 Å². The van der Waals surface area contributed by atoms with Crippen LogP contribution in [-0.2, 0) is 16.1 Å². The van der Waals surface area contributed by atoms with E-state index in [0.717, 1.165) is 17.9 Å². The lowest BCUT2D eigenvalue weighted by atomic mass is 10.2. The molecule has 0 aliphatic rings. The number of aromatic nitrogens is 2. The number of rotatable bonds is 6. The first kappa shape index (κ1) is 14.7. The molecule has 1 unspecified atom stereocenters. The van der Waals surface area contributed by atoms with Gasteiger partial charge in [-0.25, -0.2) is 0 Å². The first-order valence-corrected chi connectivity index (χ1v) is 6.33. The molecule has 5 nitrogen and oxygen atoms in total. The van der Waals surface area contributed by atoms with Crippen molar-refractivity contribution in [2.75, 3.05) is 13.7 Å².